The number of para-hydroxylation sites is 2. The maximum atomic E-state index is 9.07. The van der Waals surface area contributed by atoms with Crippen molar-refractivity contribution in [3.63, 3.8) is 0 Å². The molecule has 0 unspecified atom stereocenters. The predicted octanol–water partition coefficient (Wildman–Crippen LogP) is 1.07. The number of rotatable bonds is 5. The fraction of sp³-hybridized carbons (Fsp3) is 0.312. The summed E-state index contributed by atoms with van der Waals surface area (Å²) in [6.45, 7) is 1.43. The number of hydrogen-bond donors (Lipinski definition) is 2. The number of nitrogens with one attached hydrogen (secondary N) is 1. The lowest BCUT2D eigenvalue weighted by Crippen LogP contribution is -2.35. The molecule has 1 atom stereocenters. The first-order valence-corrected chi connectivity index (χ1v) is 7.75. The zero-order valence-electron chi connectivity index (χ0n) is 12.9. The molecule has 3 aromatic rings. The molecule has 2 N–H and O–H groups in total. The Labute approximate surface area is 138 Å². The lowest BCUT2D eigenvalue weighted by molar-refractivity contribution is 0.0997. The molecule has 3 heterocycles. The molecule has 0 radical (unpaired) electrons. The average Bonchev–Trinajstić information content (AvgIpc) is 3.04. The van der Waals surface area contributed by atoms with Crippen molar-refractivity contribution < 1.29 is 14.6 Å². The van der Waals surface area contributed by atoms with Crippen molar-refractivity contribution in [1.82, 2.24) is 19.7 Å². The first-order chi connectivity index (χ1) is 11.8. The number of anilines is 1. The Morgan fingerprint density at radius 2 is 2.12 bits per heavy atom. The summed E-state index contributed by atoms with van der Waals surface area (Å²) in [6, 6.07) is 7.62. The molecule has 0 spiro atoms. The number of fused-ring (bicyclic) bond motifs is 2. The zero-order chi connectivity index (χ0) is 16.4. The molecule has 1 aromatic carbocycles. The van der Waals surface area contributed by atoms with Crippen LogP contribution in [0.4, 0.5) is 5.82 Å². The molecule has 24 heavy (non-hydrogen) atoms. The van der Waals surface area contributed by atoms with Crippen LogP contribution in [0.1, 0.15) is 0 Å². The molecule has 8 nitrogen and oxygen atoms in total. The monoisotopic (exact) mass is 327 g/mol. The van der Waals surface area contributed by atoms with Crippen LogP contribution in [-0.2, 0) is 6.54 Å². The Morgan fingerprint density at radius 3 is 3.00 bits per heavy atom. The molecule has 4 rings (SSSR count). The highest BCUT2D eigenvalue weighted by Crippen LogP contribution is 2.31. The van der Waals surface area contributed by atoms with Gasteiger partial charge in [0.25, 0.3) is 0 Å². The molecule has 0 saturated carbocycles. The summed E-state index contributed by atoms with van der Waals surface area (Å²) in [7, 11) is 0. The number of aromatic nitrogens is 4. The Hall–Kier alpha value is -2.87. The van der Waals surface area contributed by atoms with E-state index in [1.807, 2.05) is 24.3 Å². The number of nitrogens with zero attached hydrogens (tertiary/aromatic N) is 4. The molecular weight excluding hydrogens is 310 g/mol. The van der Waals surface area contributed by atoms with Crippen LogP contribution < -0.4 is 14.8 Å². The molecule has 1 aliphatic rings. The fourth-order valence-corrected chi connectivity index (χ4v) is 2.67. The van der Waals surface area contributed by atoms with Gasteiger partial charge in [-0.05, 0) is 12.1 Å². The van der Waals surface area contributed by atoms with Gasteiger partial charge in [-0.25, -0.2) is 14.6 Å². The third-order valence-electron chi connectivity index (χ3n) is 3.81. The van der Waals surface area contributed by atoms with Gasteiger partial charge >= 0.3 is 0 Å². The van der Waals surface area contributed by atoms with Crippen LogP contribution in [0.25, 0.3) is 11.0 Å². The summed E-state index contributed by atoms with van der Waals surface area (Å²) in [5.41, 5.74) is 0.688. The van der Waals surface area contributed by atoms with Gasteiger partial charge in [-0.1, -0.05) is 12.1 Å². The highest BCUT2D eigenvalue weighted by molar-refractivity contribution is 5.86. The zero-order valence-corrected chi connectivity index (χ0v) is 12.9. The van der Waals surface area contributed by atoms with Crippen molar-refractivity contribution in [3.05, 3.63) is 36.8 Å². The topological polar surface area (TPSA) is 94.3 Å². The van der Waals surface area contributed by atoms with Crippen LogP contribution in [-0.4, -0.2) is 50.7 Å². The minimum Gasteiger partial charge on any atom is -0.486 e. The summed E-state index contributed by atoms with van der Waals surface area (Å²) < 4.78 is 13.3. The summed E-state index contributed by atoms with van der Waals surface area (Å²) in [5.74, 6) is 2.20. The normalized spacial score (nSPS) is 16.3. The molecule has 124 valence electrons. The van der Waals surface area contributed by atoms with Crippen molar-refractivity contribution in [2.24, 2.45) is 0 Å². The summed E-state index contributed by atoms with van der Waals surface area (Å²) in [4.78, 5) is 8.50. The fourth-order valence-electron chi connectivity index (χ4n) is 2.67. The van der Waals surface area contributed by atoms with E-state index in [4.69, 9.17) is 14.6 Å². The second-order valence-electron chi connectivity index (χ2n) is 5.43. The van der Waals surface area contributed by atoms with Gasteiger partial charge in [-0.2, -0.15) is 5.10 Å². The van der Waals surface area contributed by atoms with E-state index in [1.54, 1.807) is 10.9 Å². The highest BCUT2D eigenvalue weighted by Gasteiger charge is 2.21. The number of ether oxygens (including phenoxy) is 2. The summed E-state index contributed by atoms with van der Waals surface area (Å²) in [6.07, 6.45) is 3.06. The van der Waals surface area contributed by atoms with E-state index in [9.17, 15) is 0 Å². The summed E-state index contributed by atoms with van der Waals surface area (Å²) >= 11 is 0. The molecular formula is C16H17N5O3. The molecule has 2 aromatic heterocycles. The third kappa shape index (κ3) is 2.71. The first kappa shape index (κ1) is 14.7. The molecule has 0 aliphatic carbocycles. The van der Waals surface area contributed by atoms with E-state index in [-0.39, 0.29) is 12.7 Å². The molecule has 0 amide bonds. The Kier molecular flexibility index (Phi) is 3.87. The quantitative estimate of drug-likeness (QED) is 0.724. The van der Waals surface area contributed by atoms with Gasteiger partial charge in [0.1, 0.15) is 24.9 Å². The lowest BCUT2D eigenvalue weighted by atomic mass is 10.2. The van der Waals surface area contributed by atoms with E-state index >= 15 is 0 Å². The van der Waals surface area contributed by atoms with Crippen LogP contribution in [0.5, 0.6) is 11.5 Å². The summed E-state index contributed by atoms with van der Waals surface area (Å²) in [5, 5.41) is 17.4. The maximum absolute atomic E-state index is 9.07. The number of aliphatic hydroxyl groups excluding tert-OH is 1. The average molecular weight is 327 g/mol. The SMILES string of the molecule is OCCn1ncc2c(NC[C@@H]3COc4ccccc4O3)ncnc21. The van der Waals surface area contributed by atoms with Crippen molar-refractivity contribution in [2.45, 2.75) is 12.6 Å². The highest BCUT2D eigenvalue weighted by atomic mass is 16.6. The molecule has 0 bridgehead atoms. The molecule has 8 heteroatoms. The van der Waals surface area contributed by atoms with Crippen molar-refractivity contribution >= 4 is 16.9 Å². The standard InChI is InChI=1S/C16H17N5O3/c22-6-5-21-16-12(8-20-21)15(18-10-19-16)17-7-11-9-23-13-3-1-2-4-14(13)24-11/h1-4,8,10-11,22H,5-7,9H2,(H,17,18,19)/t11-/m1/s1. The predicted molar refractivity (Wildman–Crippen MR) is 87.3 cm³/mol. The van der Waals surface area contributed by atoms with Gasteiger partial charge in [-0.3, -0.25) is 0 Å². The number of aliphatic hydroxyl groups is 1. The van der Waals surface area contributed by atoms with E-state index in [0.717, 1.165) is 16.9 Å². The van der Waals surface area contributed by atoms with Crippen LogP contribution in [0, 0.1) is 0 Å². The molecule has 0 saturated heterocycles. The van der Waals surface area contributed by atoms with Gasteiger partial charge in [0.15, 0.2) is 17.1 Å². The van der Waals surface area contributed by atoms with Gasteiger partial charge in [0.05, 0.1) is 31.3 Å². The minimum absolute atomic E-state index is 0.0101. The molecule has 0 fully saturated rings. The van der Waals surface area contributed by atoms with E-state index in [0.29, 0.717) is 31.2 Å². The second-order valence-corrected chi connectivity index (χ2v) is 5.43. The number of hydrogen-bond acceptors (Lipinski definition) is 7. The third-order valence-corrected chi connectivity index (χ3v) is 3.81. The molecule has 1 aliphatic heterocycles. The largest absolute Gasteiger partial charge is 0.486 e. The van der Waals surface area contributed by atoms with E-state index < -0.39 is 0 Å². The van der Waals surface area contributed by atoms with Crippen LogP contribution >= 0.6 is 0 Å². The van der Waals surface area contributed by atoms with Crippen molar-refractivity contribution in [3.8, 4) is 11.5 Å². The Balaban J connectivity index is 1.48. The van der Waals surface area contributed by atoms with Gasteiger partial charge < -0.3 is 19.9 Å². The van der Waals surface area contributed by atoms with Crippen LogP contribution in [0.2, 0.25) is 0 Å². The van der Waals surface area contributed by atoms with Gasteiger partial charge in [-0.15, -0.1) is 0 Å². The first-order valence-electron chi connectivity index (χ1n) is 7.75. The Morgan fingerprint density at radius 1 is 1.25 bits per heavy atom. The van der Waals surface area contributed by atoms with Crippen LogP contribution in [0.3, 0.4) is 0 Å². The minimum atomic E-state index is -0.114. The van der Waals surface area contributed by atoms with E-state index in [1.165, 1.54) is 6.33 Å². The van der Waals surface area contributed by atoms with Crippen LogP contribution in [0.15, 0.2) is 36.8 Å². The van der Waals surface area contributed by atoms with Gasteiger partial charge in [0, 0.05) is 0 Å². The smallest absolute Gasteiger partial charge is 0.163 e. The van der Waals surface area contributed by atoms with Gasteiger partial charge in [0.2, 0.25) is 0 Å². The Bertz CT molecular complexity index is 851. The van der Waals surface area contributed by atoms with E-state index in [2.05, 4.69) is 20.4 Å². The second kappa shape index (κ2) is 6.32. The lowest BCUT2D eigenvalue weighted by Gasteiger charge is -2.26. The maximum Gasteiger partial charge on any atom is 0.163 e. The number of benzene rings is 1. The van der Waals surface area contributed by atoms with Crippen molar-refractivity contribution in [2.75, 3.05) is 25.1 Å². The van der Waals surface area contributed by atoms with Crippen molar-refractivity contribution in [1.29, 1.82) is 0 Å².